The van der Waals surface area contributed by atoms with E-state index in [1.807, 2.05) is 0 Å². The molecule has 8 heteroatoms. The van der Waals surface area contributed by atoms with E-state index in [2.05, 4.69) is 5.32 Å². The Morgan fingerprint density at radius 3 is 2.86 bits per heavy atom. The van der Waals surface area contributed by atoms with Gasteiger partial charge in [-0.25, -0.2) is 17.1 Å². The SMILES string of the molecule is CCS(=O)(=O)N1CCC[C@H](C(=O)Nc2ccc(F)c(Cl)c2)C1. The highest BCUT2D eigenvalue weighted by Gasteiger charge is 2.31. The first kappa shape index (κ1) is 17.2. The van der Waals surface area contributed by atoms with Crippen LogP contribution in [0.15, 0.2) is 18.2 Å². The van der Waals surface area contributed by atoms with Crippen molar-refractivity contribution in [3.05, 3.63) is 29.0 Å². The molecule has 1 aromatic carbocycles. The van der Waals surface area contributed by atoms with Crippen molar-refractivity contribution in [3.8, 4) is 0 Å². The van der Waals surface area contributed by atoms with Gasteiger partial charge in [0.1, 0.15) is 5.82 Å². The fourth-order valence-corrected chi connectivity index (χ4v) is 3.77. The molecule has 22 heavy (non-hydrogen) atoms. The molecular formula is C14H18ClFN2O3S. The minimum absolute atomic E-state index is 0.0227. The predicted octanol–water partition coefficient (Wildman–Crippen LogP) is 2.48. The number of nitrogens with one attached hydrogen (secondary N) is 1. The van der Waals surface area contributed by atoms with Crippen LogP contribution in [0.4, 0.5) is 10.1 Å². The lowest BCUT2D eigenvalue weighted by Crippen LogP contribution is -2.44. The van der Waals surface area contributed by atoms with Gasteiger partial charge in [0.15, 0.2) is 0 Å². The van der Waals surface area contributed by atoms with Crippen LogP contribution in [-0.4, -0.2) is 37.5 Å². The second kappa shape index (κ2) is 6.93. The molecule has 1 fully saturated rings. The van der Waals surface area contributed by atoms with Crippen LogP contribution in [0.25, 0.3) is 0 Å². The van der Waals surface area contributed by atoms with E-state index in [4.69, 9.17) is 11.6 Å². The Labute approximate surface area is 134 Å². The van der Waals surface area contributed by atoms with Gasteiger partial charge in [-0.2, -0.15) is 0 Å². The molecular weight excluding hydrogens is 331 g/mol. The van der Waals surface area contributed by atoms with Gasteiger partial charge in [0.25, 0.3) is 0 Å². The third-order valence-electron chi connectivity index (χ3n) is 3.70. The molecule has 0 aromatic heterocycles. The number of halogens is 2. The van der Waals surface area contributed by atoms with Crippen LogP contribution in [0.2, 0.25) is 5.02 Å². The second-order valence-corrected chi connectivity index (χ2v) is 7.88. The largest absolute Gasteiger partial charge is 0.326 e. The molecule has 1 aliphatic rings. The maximum Gasteiger partial charge on any atom is 0.228 e. The number of nitrogens with zero attached hydrogens (tertiary/aromatic N) is 1. The number of hydrogen-bond donors (Lipinski definition) is 1. The van der Waals surface area contributed by atoms with Crippen molar-refractivity contribution in [3.63, 3.8) is 0 Å². The molecule has 0 unspecified atom stereocenters. The van der Waals surface area contributed by atoms with Gasteiger partial charge >= 0.3 is 0 Å². The monoisotopic (exact) mass is 348 g/mol. The van der Waals surface area contributed by atoms with E-state index in [0.717, 1.165) is 0 Å². The summed E-state index contributed by atoms with van der Waals surface area (Å²) in [6.45, 7) is 2.21. The normalized spacial score (nSPS) is 19.9. The van der Waals surface area contributed by atoms with E-state index in [0.29, 0.717) is 25.1 Å². The molecule has 1 aromatic rings. The van der Waals surface area contributed by atoms with Crippen LogP contribution in [0, 0.1) is 11.7 Å². The van der Waals surface area contributed by atoms with Crippen LogP contribution in [0.1, 0.15) is 19.8 Å². The average molecular weight is 349 g/mol. The fraction of sp³-hybridized carbons (Fsp3) is 0.500. The van der Waals surface area contributed by atoms with Crippen LogP contribution in [0.3, 0.4) is 0 Å². The van der Waals surface area contributed by atoms with E-state index < -0.39 is 21.8 Å². The number of carbonyl (C=O) groups excluding carboxylic acids is 1. The van der Waals surface area contributed by atoms with Gasteiger partial charge in [-0.1, -0.05) is 11.6 Å². The van der Waals surface area contributed by atoms with E-state index in [1.54, 1.807) is 6.92 Å². The molecule has 1 saturated heterocycles. The van der Waals surface area contributed by atoms with Gasteiger partial charge in [-0.15, -0.1) is 0 Å². The summed E-state index contributed by atoms with van der Waals surface area (Å²) in [5.74, 6) is -1.23. The Hall–Kier alpha value is -1.18. The first-order valence-corrected chi connectivity index (χ1v) is 9.06. The summed E-state index contributed by atoms with van der Waals surface area (Å²) >= 11 is 5.67. The number of rotatable bonds is 4. The molecule has 0 spiro atoms. The van der Waals surface area contributed by atoms with Crippen molar-refractivity contribution in [1.82, 2.24) is 4.31 Å². The van der Waals surface area contributed by atoms with Crippen LogP contribution in [0.5, 0.6) is 0 Å². The molecule has 0 bridgehead atoms. The summed E-state index contributed by atoms with van der Waals surface area (Å²) in [4.78, 5) is 12.3. The highest BCUT2D eigenvalue weighted by molar-refractivity contribution is 7.89. The zero-order valence-electron chi connectivity index (χ0n) is 12.2. The van der Waals surface area contributed by atoms with Crippen molar-refractivity contribution >= 4 is 33.2 Å². The summed E-state index contributed by atoms with van der Waals surface area (Å²) in [5, 5.41) is 2.59. The Bertz CT molecular complexity index is 666. The van der Waals surface area contributed by atoms with Crippen LogP contribution < -0.4 is 5.32 Å². The molecule has 0 saturated carbocycles. The maximum atomic E-state index is 13.1. The van der Waals surface area contributed by atoms with Crippen molar-refractivity contribution in [2.24, 2.45) is 5.92 Å². The number of piperidine rings is 1. The van der Waals surface area contributed by atoms with Gasteiger partial charge in [0, 0.05) is 18.8 Å². The highest BCUT2D eigenvalue weighted by Crippen LogP contribution is 2.23. The average Bonchev–Trinajstić information content (AvgIpc) is 2.51. The smallest absolute Gasteiger partial charge is 0.228 e. The van der Waals surface area contributed by atoms with Crippen molar-refractivity contribution in [2.75, 3.05) is 24.2 Å². The molecule has 0 aliphatic carbocycles. The van der Waals surface area contributed by atoms with E-state index in [1.165, 1.54) is 22.5 Å². The molecule has 122 valence electrons. The molecule has 1 heterocycles. The predicted molar refractivity (Wildman–Crippen MR) is 83.8 cm³/mol. The Balaban J connectivity index is 2.04. The molecule has 1 N–H and O–H groups in total. The number of sulfonamides is 1. The van der Waals surface area contributed by atoms with Crippen LogP contribution in [-0.2, 0) is 14.8 Å². The summed E-state index contributed by atoms with van der Waals surface area (Å²) in [7, 11) is -3.29. The Kier molecular flexibility index (Phi) is 5.41. The quantitative estimate of drug-likeness (QED) is 0.909. The number of amides is 1. The zero-order valence-corrected chi connectivity index (χ0v) is 13.8. The van der Waals surface area contributed by atoms with Gasteiger partial charge in [0.05, 0.1) is 16.7 Å². The maximum absolute atomic E-state index is 13.1. The molecule has 5 nitrogen and oxygen atoms in total. The van der Waals surface area contributed by atoms with Crippen LogP contribution >= 0.6 is 11.6 Å². The summed E-state index contributed by atoms with van der Waals surface area (Å²) in [5.41, 5.74) is 0.395. The van der Waals surface area contributed by atoms with Crippen molar-refractivity contribution in [1.29, 1.82) is 0 Å². The lowest BCUT2D eigenvalue weighted by atomic mass is 9.99. The number of benzene rings is 1. The van der Waals surface area contributed by atoms with Gasteiger partial charge < -0.3 is 5.32 Å². The second-order valence-electron chi connectivity index (χ2n) is 5.22. The van der Waals surface area contributed by atoms with E-state index in [-0.39, 0.29) is 23.2 Å². The third-order valence-corrected chi connectivity index (χ3v) is 5.84. The third kappa shape index (κ3) is 3.97. The van der Waals surface area contributed by atoms with E-state index in [9.17, 15) is 17.6 Å². The summed E-state index contributed by atoms with van der Waals surface area (Å²) in [6.07, 6.45) is 1.26. The van der Waals surface area contributed by atoms with E-state index >= 15 is 0 Å². The number of carbonyl (C=O) groups is 1. The topological polar surface area (TPSA) is 66.5 Å². The minimum atomic E-state index is -3.29. The highest BCUT2D eigenvalue weighted by atomic mass is 35.5. The van der Waals surface area contributed by atoms with Gasteiger partial charge in [0.2, 0.25) is 15.9 Å². The standard InChI is InChI=1S/C14H18ClFN2O3S/c1-2-22(20,21)18-7-3-4-10(9-18)14(19)17-11-5-6-13(16)12(15)8-11/h5-6,8,10H,2-4,7,9H2,1H3,(H,17,19)/t10-/m0/s1. The lowest BCUT2D eigenvalue weighted by molar-refractivity contribution is -0.120. The molecule has 1 amide bonds. The summed E-state index contributed by atoms with van der Waals surface area (Å²) in [6, 6.07) is 3.92. The summed E-state index contributed by atoms with van der Waals surface area (Å²) < 4.78 is 38.2. The lowest BCUT2D eigenvalue weighted by Gasteiger charge is -2.30. The molecule has 0 radical (unpaired) electrons. The Morgan fingerprint density at radius 2 is 2.23 bits per heavy atom. The van der Waals surface area contributed by atoms with Gasteiger partial charge in [-0.3, -0.25) is 4.79 Å². The fourth-order valence-electron chi connectivity index (χ4n) is 2.41. The zero-order chi connectivity index (χ0) is 16.3. The molecule has 1 aliphatic heterocycles. The first-order valence-electron chi connectivity index (χ1n) is 7.07. The van der Waals surface area contributed by atoms with Crippen molar-refractivity contribution < 1.29 is 17.6 Å². The first-order chi connectivity index (χ1) is 10.3. The Morgan fingerprint density at radius 1 is 1.50 bits per heavy atom. The molecule has 2 rings (SSSR count). The number of hydrogen-bond acceptors (Lipinski definition) is 3. The minimum Gasteiger partial charge on any atom is -0.326 e. The van der Waals surface area contributed by atoms with Gasteiger partial charge in [-0.05, 0) is 38.0 Å². The molecule has 1 atom stereocenters. The van der Waals surface area contributed by atoms with Crippen molar-refractivity contribution in [2.45, 2.75) is 19.8 Å². The number of anilines is 1.